The van der Waals surface area contributed by atoms with Crippen LogP contribution in [-0.4, -0.2) is 31.3 Å². The Morgan fingerprint density at radius 2 is 1.73 bits per heavy atom. The van der Waals surface area contributed by atoms with Crippen LogP contribution in [0.3, 0.4) is 0 Å². The fraction of sp³-hybridized carbons (Fsp3) is 0.125. The van der Waals surface area contributed by atoms with Crippen LogP contribution in [-0.2, 0) is 4.79 Å². The third-order valence-electron chi connectivity index (χ3n) is 4.16. The highest BCUT2D eigenvalue weighted by Gasteiger charge is 2.13. The molecule has 0 radical (unpaired) electrons. The lowest BCUT2D eigenvalue weighted by Gasteiger charge is -2.11. The summed E-state index contributed by atoms with van der Waals surface area (Å²) in [5.41, 5.74) is 3.41. The Morgan fingerprint density at radius 3 is 2.48 bits per heavy atom. The van der Waals surface area contributed by atoms with Crippen LogP contribution in [0, 0.1) is 0 Å². The van der Waals surface area contributed by atoms with Crippen LogP contribution in [0.4, 0.5) is 0 Å². The van der Waals surface area contributed by atoms with Gasteiger partial charge in [-0.2, -0.15) is 5.10 Å². The fourth-order valence-corrected chi connectivity index (χ4v) is 2.99. The first-order valence-electron chi connectivity index (χ1n) is 9.90. The van der Waals surface area contributed by atoms with Crippen LogP contribution < -0.4 is 19.6 Å². The molecule has 3 rings (SSSR count). The summed E-state index contributed by atoms with van der Waals surface area (Å²) in [5, 5.41) is 4.46. The number of benzene rings is 3. The van der Waals surface area contributed by atoms with E-state index in [0.29, 0.717) is 34.3 Å². The number of hydrogen-bond donors (Lipinski definition) is 1. The largest absolute Gasteiger partial charge is 0.490 e. The van der Waals surface area contributed by atoms with Crippen molar-refractivity contribution >= 4 is 41.3 Å². The van der Waals surface area contributed by atoms with E-state index in [0.717, 1.165) is 0 Å². The molecule has 0 aliphatic heterocycles. The smallest absolute Gasteiger partial charge is 0.343 e. The number of esters is 1. The van der Waals surface area contributed by atoms with Gasteiger partial charge in [-0.15, -0.1) is 0 Å². The Kier molecular flexibility index (Phi) is 8.69. The van der Waals surface area contributed by atoms with Crippen molar-refractivity contribution in [2.24, 2.45) is 5.10 Å². The first kappa shape index (κ1) is 24.1. The van der Waals surface area contributed by atoms with Gasteiger partial charge in [0.25, 0.3) is 5.91 Å². The number of rotatable bonds is 9. The molecule has 3 aromatic carbocycles. The van der Waals surface area contributed by atoms with E-state index in [-0.39, 0.29) is 17.4 Å². The minimum Gasteiger partial charge on any atom is -0.490 e. The first-order valence-corrected chi connectivity index (χ1v) is 10.7. The van der Waals surface area contributed by atoms with Crippen molar-refractivity contribution in [1.82, 2.24) is 5.43 Å². The zero-order valence-corrected chi connectivity index (χ0v) is 19.1. The van der Waals surface area contributed by atoms with Crippen molar-refractivity contribution < 1.29 is 23.8 Å². The molecule has 33 heavy (non-hydrogen) atoms. The third-order valence-corrected chi connectivity index (χ3v) is 4.96. The molecule has 0 saturated carbocycles. The van der Waals surface area contributed by atoms with Gasteiger partial charge in [-0.25, -0.2) is 10.2 Å². The number of carbonyl (C=O) groups excluding carboxylic acids is 2. The summed E-state index contributed by atoms with van der Waals surface area (Å²) in [6, 6.07) is 18.4. The summed E-state index contributed by atoms with van der Waals surface area (Å²) in [7, 11) is 0. The van der Waals surface area contributed by atoms with Crippen LogP contribution in [0.5, 0.6) is 17.2 Å². The van der Waals surface area contributed by atoms with E-state index < -0.39 is 11.9 Å². The summed E-state index contributed by atoms with van der Waals surface area (Å²) in [4.78, 5) is 24.3. The Bertz CT molecular complexity index is 1150. The van der Waals surface area contributed by atoms with E-state index in [1.165, 1.54) is 6.21 Å². The monoisotopic (exact) mass is 486 g/mol. The Balaban J connectivity index is 1.59. The van der Waals surface area contributed by atoms with Gasteiger partial charge in [0.2, 0.25) is 0 Å². The predicted octanol–water partition coefficient (Wildman–Crippen LogP) is 5.14. The average molecular weight is 487 g/mol. The molecule has 0 unspecified atom stereocenters. The Morgan fingerprint density at radius 1 is 0.939 bits per heavy atom. The van der Waals surface area contributed by atoms with Crippen molar-refractivity contribution in [3.8, 4) is 17.2 Å². The maximum atomic E-state index is 12.3. The van der Waals surface area contributed by atoms with Crippen molar-refractivity contribution in [3.63, 3.8) is 0 Å². The van der Waals surface area contributed by atoms with Gasteiger partial charge in [-0.1, -0.05) is 47.5 Å². The molecule has 7 nitrogen and oxygen atoms in total. The molecule has 0 saturated heterocycles. The number of hydrazone groups is 1. The summed E-state index contributed by atoms with van der Waals surface area (Å²) >= 11 is 11.9. The highest BCUT2D eigenvalue weighted by atomic mass is 35.5. The summed E-state index contributed by atoms with van der Waals surface area (Å²) in [6.45, 7) is 1.89. The molecule has 3 aromatic rings. The van der Waals surface area contributed by atoms with Crippen LogP contribution in [0.25, 0.3) is 0 Å². The van der Waals surface area contributed by atoms with Gasteiger partial charge < -0.3 is 14.2 Å². The molecule has 0 atom stereocenters. The first-order chi connectivity index (χ1) is 16.0. The van der Waals surface area contributed by atoms with Gasteiger partial charge in [0.05, 0.1) is 23.4 Å². The standard InChI is InChI=1S/C24H20Cl2N2O5/c1-2-31-21-13-16(11-12-19(21)33-24(30)17-7-4-3-5-8-17)14-27-28-22(29)15-32-20-10-6-9-18(25)23(20)26/h3-14H,2,15H2,1H3,(H,28,29). The summed E-state index contributed by atoms with van der Waals surface area (Å²) in [6.07, 6.45) is 1.43. The molecular formula is C24H20Cl2N2O5. The number of amides is 1. The molecule has 1 amide bonds. The molecule has 0 bridgehead atoms. The van der Waals surface area contributed by atoms with E-state index in [4.69, 9.17) is 37.4 Å². The number of nitrogens with one attached hydrogen (secondary N) is 1. The zero-order valence-electron chi connectivity index (χ0n) is 17.6. The van der Waals surface area contributed by atoms with Gasteiger partial charge in [-0.05, 0) is 55.0 Å². The van der Waals surface area contributed by atoms with Crippen molar-refractivity contribution in [2.45, 2.75) is 6.92 Å². The molecule has 0 aliphatic carbocycles. The van der Waals surface area contributed by atoms with E-state index in [1.54, 1.807) is 60.7 Å². The molecular weight excluding hydrogens is 467 g/mol. The number of carbonyl (C=O) groups is 2. The Labute approximate surface area is 200 Å². The molecule has 0 spiro atoms. The second-order valence-electron chi connectivity index (χ2n) is 6.53. The SMILES string of the molecule is CCOc1cc(C=NNC(=O)COc2cccc(Cl)c2Cl)ccc1OC(=O)c1ccccc1. The van der Waals surface area contributed by atoms with Crippen LogP contribution >= 0.6 is 23.2 Å². The van der Waals surface area contributed by atoms with E-state index >= 15 is 0 Å². The summed E-state index contributed by atoms with van der Waals surface area (Å²) in [5.74, 6) is -0.0363. The number of halogens is 2. The van der Waals surface area contributed by atoms with Gasteiger partial charge >= 0.3 is 5.97 Å². The second kappa shape index (κ2) is 11.9. The normalized spacial score (nSPS) is 10.6. The van der Waals surface area contributed by atoms with Crippen molar-refractivity contribution in [2.75, 3.05) is 13.2 Å². The van der Waals surface area contributed by atoms with Gasteiger partial charge in [0, 0.05) is 0 Å². The fourth-order valence-electron chi connectivity index (χ4n) is 2.64. The Hall–Kier alpha value is -3.55. The zero-order chi connectivity index (χ0) is 23.6. The van der Waals surface area contributed by atoms with E-state index in [9.17, 15) is 9.59 Å². The number of nitrogens with zero attached hydrogens (tertiary/aromatic N) is 1. The van der Waals surface area contributed by atoms with E-state index in [1.807, 2.05) is 13.0 Å². The minimum absolute atomic E-state index is 0.229. The maximum Gasteiger partial charge on any atom is 0.343 e. The summed E-state index contributed by atoms with van der Waals surface area (Å²) < 4.78 is 16.4. The highest BCUT2D eigenvalue weighted by Crippen LogP contribution is 2.31. The molecule has 1 N–H and O–H groups in total. The van der Waals surface area contributed by atoms with Gasteiger partial charge in [-0.3, -0.25) is 4.79 Å². The predicted molar refractivity (Wildman–Crippen MR) is 127 cm³/mol. The molecule has 0 aromatic heterocycles. The lowest BCUT2D eigenvalue weighted by atomic mass is 10.2. The average Bonchev–Trinajstić information content (AvgIpc) is 2.82. The van der Waals surface area contributed by atoms with Gasteiger partial charge in [0.1, 0.15) is 10.8 Å². The lowest BCUT2D eigenvalue weighted by molar-refractivity contribution is -0.123. The van der Waals surface area contributed by atoms with Crippen molar-refractivity contribution in [3.05, 3.63) is 87.9 Å². The number of ether oxygens (including phenoxy) is 3. The van der Waals surface area contributed by atoms with Crippen molar-refractivity contribution in [1.29, 1.82) is 0 Å². The quantitative estimate of drug-likeness (QED) is 0.196. The second-order valence-corrected chi connectivity index (χ2v) is 7.31. The van der Waals surface area contributed by atoms with Gasteiger partial charge in [0.15, 0.2) is 18.1 Å². The third kappa shape index (κ3) is 6.97. The highest BCUT2D eigenvalue weighted by molar-refractivity contribution is 6.42. The molecule has 0 fully saturated rings. The lowest BCUT2D eigenvalue weighted by Crippen LogP contribution is -2.24. The van der Waals surface area contributed by atoms with Crippen LogP contribution in [0.1, 0.15) is 22.8 Å². The van der Waals surface area contributed by atoms with Crippen LogP contribution in [0.15, 0.2) is 71.8 Å². The van der Waals surface area contributed by atoms with E-state index in [2.05, 4.69) is 10.5 Å². The maximum absolute atomic E-state index is 12.3. The minimum atomic E-state index is -0.495. The topological polar surface area (TPSA) is 86.2 Å². The molecule has 0 aliphatic rings. The molecule has 170 valence electrons. The van der Waals surface area contributed by atoms with Crippen LogP contribution in [0.2, 0.25) is 10.0 Å². The molecule has 0 heterocycles. The molecule has 9 heteroatoms. The number of hydrogen-bond acceptors (Lipinski definition) is 6.